The number of sulfonamides is 1. The molecule has 19 heavy (non-hydrogen) atoms. The van der Waals surface area contributed by atoms with Crippen molar-refractivity contribution in [1.29, 1.82) is 0 Å². The number of hydrogen-bond acceptors (Lipinski definition) is 5. The Kier molecular flexibility index (Phi) is 4.15. The zero-order valence-corrected chi connectivity index (χ0v) is 11.4. The topological polar surface area (TPSA) is 101 Å². The molecule has 1 rings (SSSR count). The second kappa shape index (κ2) is 5.27. The number of methoxy groups -OCH3 is 1. The van der Waals surface area contributed by atoms with Crippen LogP contribution in [0.1, 0.15) is 20.7 Å². The lowest BCUT2D eigenvalue weighted by Gasteiger charge is -2.17. The van der Waals surface area contributed by atoms with Crippen molar-refractivity contribution >= 4 is 27.6 Å². The van der Waals surface area contributed by atoms with E-state index in [0.717, 1.165) is 29.8 Å². The van der Waals surface area contributed by atoms with Crippen LogP contribution in [0.4, 0.5) is 5.69 Å². The first-order valence-electron chi connectivity index (χ1n) is 5.07. The molecule has 1 N–H and O–H groups in total. The first-order valence-corrected chi connectivity index (χ1v) is 6.92. The maximum atomic E-state index is 11.4. The van der Waals surface area contributed by atoms with Crippen molar-refractivity contribution in [3.8, 4) is 0 Å². The van der Waals surface area contributed by atoms with Gasteiger partial charge in [-0.05, 0) is 18.2 Å². The number of nitrogens with zero attached hydrogens (tertiary/aromatic N) is 1. The summed E-state index contributed by atoms with van der Waals surface area (Å²) >= 11 is 0. The standard InChI is InChI=1S/C11H13NO6S/c1-12(19(3,16)17)9-5-7(10(13)14)4-8(6-9)11(15)18-2/h4-6H,1-3H3,(H,13,14). The van der Waals surface area contributed by atoms with E-state index >= 15 is 0 Å². The molecule has 0 spiro atoms. The fraction of sp³-hybridized carbons (Fsp3) is 0.273. The lowest BCUT2D eigenvalue weighted by molar-refractivity contribution is 0.0600. The van der Waals surface area contributed by atoms with Crippen LogP contribution in [0.15, 0.2) is 18.2 Å². The summed E-state index contributed by atoms with van der Waals surface area (Å²) < 4.78 is 28.2. The van der Waals surface area contributed by atoms with Crippen LogP contribution in [0.3, 0.4) is 0 Å². The molecule has 0 saturated carbocycles. The first kappa shape index (κ1) is 15.0. The van der Waals surface area contributed by atoms with E-state index in [1.165, 1.54) is 13.1 Å². The van der Waals surface area contributed by atoms with Crippen molar-refractivity contribution in [2.45, 2.75) is 0 Å². The second-order valence-electron chi connectivity index (χ2n) is 3.80. The summed E-state index contributed by atoms with van der Waals surface area (Å²) in [4.78, 5) is 22.4. The third-order valence-electron chi connectivity index (χ3n) is 2.45. The number of ether oxygens (including phenoxy) is 1. The molecule has 0 aliphatic rings. The van der Waals surface area contributed by atoms with Gasteiger partial charge in [0, 0.05) is 7.05 Å². The van der Waals surface area contributed by atoms with E-state index in [9.17, 15) is 18.0 Å². The fourth-order valence-electron chi connectivity index (χ4n) is 1.34. The Morgan fingerprint density at radius 2 is 1.74 bits per heavy atom. The van der Waals surface area contributed by atoms with Crippen LogP contribution in [-0.4, -0.2) is 45.9 Å². The minimum Gasteiger partial charge on any atom is -0.478 e. The van der Waals surface area contributed by atoms with E-state index in [2.05, 4.69) is 4.74 Å². The molecule has 0 amide bonds. The molecule has 0 unspecified atom stereocenters. The van der Waals surface area contributed by atoms with Crippen LogP contribution in [0.2, 0.25) is 0 Å². The highest BCUT2D eigenvalue weighted by Gasteiger charge is 2.18. The van der Waals surface area contributed by atoms with E-state index in [4.69, 9.17) is 5.11 Å². The van der Waals surface area contributed by atoms with Crippen molar-refractivity contribution in [3.63, 3.8) is 0 Å². The smallest absolute Gasteiger partial charge is 0.337 e. The van der Waals surface area contributed by atoms with Gasteiger partial charge in [-0.15, -0.1) is 0 Å². The molecule has 0 radical (unpaired) electrons. The van der Waals surface area contributed by atoms with Crippen molar-refractivity contribution in [3.05, 3.63) is 29.3 Å². The monoisotopic (exact) mass is 287 g/mol. The summed E-state index contributed by atoms with van der Waals surface area (Å²) in [5.74, 6) is -2.01. The van der Waals surface area contributed by atoms with Crippen molar-refractivity contribution in [2.24, 2.45) is 0 Å². The van der Waals surface area contributed by atoms with Crippen LogP contribution < -0.4 is 4.31 Å². The molecule has 0 aromatic heterocycles. The number of carboxylic acid groups (broad SMARTS) is 1. The lowest BCUT2D eigenvalue weighted by atomic mass is 10.1. The molecule has 0 atom stereocenters. The summed E-state index contributed by atoms with van der Waals surface area (Å²) in [5, 5.41) is 8.95. The van der Waals surface area contributed by atoms with E-state index in [1.54, 1.807) is 0 Å². The first-order chi connectivity index (χ1) is 8.66. The Balaban J connectivity index is 3.44. The molecule has 104 valence electrons. The number of carbonyl (C=O) groups is 2. The molecule has 0 bridgehead atoms. The number of esters is 1. The average molecular weight is 287 g/mol. The number of anilines is 1. The van der Waals surface area contributed by atoms with Crippen molar-refractivity contribution in [1.82, 2.24) is 0 Å². The summed E-state index contributed by atoms with van der Waals surface area (Å²) in [6.07, 6.45) is 0.970. The molecular formula is C11H13NO6S. The van der Waals surface area contributed by atoms with Gasteiger partial charge in [0.1, 0.15) is 0 Å². The number of rotatable bonds is 4. The number of hydrogen-bond donors (Lipinski definition) is 1. The third-order valence-corrected chi connectivity index (χ3v) is 3.65. The Morgan fingerprint density at radius 1 is 1.21 bits per heavy atom. The van der Waals surface area contributed by atoms with Gasteiger partial charge < -0.3 is 9.84 Å². The highest BCUT2D eigenvalue weighted by atomic mass is 32.2. The quantitative estimate of drug-likeness (QED) is 0.812. The molecular weight excluding hydrogens is 274 g/mol. The van der Waals surface area contributed by atoms with Gasteiger partial charge in [-0.1, -0.05) is 0 Å². The van der Waals surface area contributed by atoms with E-state index in [1.807, 2.05) is 0 Å². The third kappa shape index (κ3) is 3.44. The highest BCUT2D eigenvalue weighted by molar-refractivity contribution is 7.92. The summed E-state index contributed by atoms with van der Waals surface area (Å²) in [6, 6.07) is 3.53. The highest BCUT2D eigenvalue weighted by Crippen LogP contribution is 2.21. The SMILES string of the molecule is COC(=O)c1cc(C(=O)O)cc(N(C)S(C)(=O)=O)c1. The van der Waals surface area contributed by atoms with Crippen molar-refractivity contribution in [2.75, 3.05) is 24.7 Å². The molecule has 0 aliphatic carbocycles. The number of benzene rings is 1. The van der Waals surface area contributed by atoms with Crippen molar-refractivity contribution < 1.29 is 27.9 Å². The molecule has 0 saturated heterocycles. The van der Waals surface area contributed by atoms with Crippen LogP contribution in [0, 0.1) is 0 Å². The predicted molar refractivity (Wildman–Crippen MR) is 68.0 cm³/mol. The van der Waals surface area contributed by atoms with Gasteiger partial charge in [0.05, 0.1) is 30.2 Å². The number of carbonyl (C=O) groups excluding carboxylic acids is 1. The maximum absolute atomic E-state index is 11.4. The molecule has 8 heteroatoms. The number of carboxylic acids is 1. The maximum Gasteiger partial charge on any atom is 0.337 e. The van der Waals surface area contributed by atoms with Gasteiger partial charge in [-0.3, -0.25) is 4.31 Å². The van der Waals surface area contributed by atoms with E-state index in [0.29, 0.717) is 0 Å². The lowest BCUT2D eigenvalue weighted by Crippen LogP contribution is -2.25. The summed E-state index contributed by atoms with van der Waals surface area (Å²) in [5.41, 5.74) is -0.163. The molecule has 0 heterocycles. The Hall–Kier alpha value is -2.09. The normalized spacial score (nSPS) is 10.9. The summed E-state index contributed by atoms with van der Waals surface area (Å²) in [7, 11) is -1.15. The molecule has 1 aromatic carbocycles. The van der Waals surface area contributed by atoms with Gasteiger partial charge in [-0.2, -0.15) is 0 Å². The second-order valence-corrected chi connectivity index (χ2v) is 5.81. The van der Waals surface area contributed by atoms with Gasteiger partial charge in [-0.25, -0.2) is 18.0 Å². The van der Waals surface area contributed by atoms with E-state index in [-0.39, 0.29) is 16.8 Å². The minimum atomic E-state index is -3.56. The number of aromatic carboxylic acids is 1. The molecule has 0 fully saturated rings. The van der Waals surface area contributed by atoms with Crippen LogP contribution in [0.25, 0.3) is 0 Å². The van der Waals surface area contributed by atoms with E-state index < -0.39 is 22.0 Å². The Morgan fingerprint density at radius 3 is 2.16 bits per heavy atom. The zero-order valence-electron chi connectivity index (χ0n) is 10.6. The average Bonchev–Trinajstić information content (AvgIpc) is 2.35. The van der Waals surface area contributed by atoms with Crippen LogP contribution in [-0.2, 0) is 14.8 Å². The molecule has 0 aliphatic heterocycles. The Labute approximate surface area is 110 Å². The fourth-order valence-corrected chi connectivity index (χ4v) is 1.83. The van der Waals surface area contributed by atoms with Gasteiger partial charge in [0.25, 0.3) is 0 Å². The molecule has 1 aromatic rings. The zero-order chi connectivity index (χ0) is 14.8. The van der Waals surface area contributed by atoms with Gasteiger partial charge in [0.15, 0.2) is 0 Å². The Bertz CT molecular complexity index is 622. The largest absolute Gasteiger partial charge is 0.478 e. The molecule has 7 nitrogen and oxygen atoms in total. The minimum absolute atomic E-state index is 0.0344. The van der Waals surface area contributed by atoms with Crippen LogP contribution in [0.5, 0.6) is 0 Å². The van der Waals surface area contributed by atoms with Crippen LogP contribution >= 0.6 is 0 Å². The van der Waals surface area contributed by atoms with Gasteiger partial charge in [0.2, 0.25) is 10.0 Å². The van der Waals surface area contributed by atoms with Gasteiger partial charge >= 0.3 is 11.9 Å². The predicted octanol–water partition coefficient (Wildman–Crippen LogP) is 0.567. The summed E-state index contributed by atoms with van der Waals surface area (Å²) in [6.45, 7) is 0.